The van der Waals surface area contributed by atoms with Crippen molar-refractivity contribution in [3.05, 3.63) is 35.8 Å². The van der Waals surface area contributed by atoms with Gasteiger partial charge in [0.15, 0.2) is 6.39 Å². The number of rotatable bonds is 2. The third kappa shape index (κ3) is 2.25. The van der Waals surface area contributed by atoms with Gasteiger partial charge in [0, 0.05) is 24.7 Å². The van der Waals surface area contributed by atoms with E-state index < -0.39 is 0 Å². The van der Waals surface area contributed by atoms with E-state index >= 15 is 0 Å². The first-order valence-corrected chi connectivity index (χ1v) is 6.43. The Balaban J connectivity index is 1.75. The summed E-state index contributed by atoms with van der Waals surface area (Å²) in [6, 6.07) is 0. The Morgan fingerprint density at radius 3 is 3.11 bits per heavy atom. The molecule has 3 rings (SSSR count). The summed E-state index contributed by atoms with van der Waals surface area (Å²) in [6.45, 7) is 3.50. The number of hydrogen-bond acceptors (Lipinski definition) is 4. The fraction of sp³-hybridized carbons (Fsp3) is 0.462. The van der Waals surface area contributed by atoms with Gasteiger partial charge in [0.25, 0.3) is 5.91 Å². The molecule has 1 atom stereocenters. The van der Waals surface area contributed by atoms with Crippen LogP contribution in [0.15, 0.2) is 23.2 Å². The van der Waals surface area contributed by atoms with E-state index in [-0.39, 0.29) is 5.91 Å². The molecule has 1 fully saturated rings. The molecule has 0 unspecified atom stereocenters. The zero-order valence-electron chi connectivity index (χ0n) is 10.8. The molecule has 6 heteroatoms. The number of hydrogen-bond donors (Lipinski definition) is 1. The van der Waals surface area contributed by atoms with Crippen LogP contribution in [0, 0.1) is 6.92 Å². The third-order valence-electron chi connectivity index (χ3n) is 3.63. The van der Waals surface area contributed by atoms with Gasteiger partial charge in [-0.05, 0) is 25.3 Å². The van der Waals surface area contributed by atoms with Crippen molar-refractivity contribution in [2.45, 2.75) is 25.7 Å². The van der Waals surface area contributed by atoms with Crippen LogP contribution < -0.4 is 0 Å². The summed E-state index contributed by atoms with van der Waals surface area (Å²) in [5.41, 5.74) is 2.29. The number of likely N-dealkylation sites (tertiary alicyclic amines) is 1. The van der Waals surface area contributed by atoms with Crippen molar-refractivity contribution in [3.63, 3.8) is 0 Å². The maximum absolute atomic E-state index is 12.2. The molecule has 2 aromatic rings. The zero-order chi connectivity index (χ0) is 13.2. The Morgan fingerprint density at radius 2 is 2.42 bits per heavy atom. The van der Waals surface area contributed by atoms with Crippen LogP contribution in [0.4, 0.5) is 0 Å². The van der Waals surface area contributed by atoms with Crippen LogP contribution in [0.5, 0.6) is 0 Å². The summed E-state index contributed by atoms with van der Waals surface area (Å²) in [5, 5.41) is 7.11. The van der Waals surface area contributed by atoms with Gasteiger partial charge in [0.05, 0.1) is 12.4 Å². The van der Waals surface area contributed by atoms with Crippen molar-refractivity contribution in [3.8, 4) is 0 Å². The lowest BCUT2D eigenvalue weighted by atomic mass is 9.93. The van der Waals surface area contributed by atoms with Crippen molar-refractivity contribution in [1.82, 2.24) is 20.1 Å². The van der Waals surface area contributed by atoms with E-state index in [0.717, 1.165) is 30.6 Å². The molecular weight excluding hydrogens is 244 g/mol. The Labute approximate surface area is 110 Å². The maximum Gasteiger partial charge on any atom is 0.291 e. The second-order valence-corrected chi connectivity index (χ2v) is 4.92. The molecule has 0 spiro atoms. The minimum Gasteiger partial charge on any atom is -0.438 e. The van der Waals surface area contributed by atoms with Gasteiger partial charge in [0.1, 0.15) is 0 Å². The Morgan fingerprint density at radius 1 is 1.53 bits per heavy atom. The Kier molecular flexibility index (Phi) is 3.06. The second-order valence-electron chi connectivity index (χ2n) is 4.92. The van der Waals surface area contributed by atoms with E-state index in [1.807, 2.05) is 18.0 Å². The van der Waals surface area contributed by atoms with E-state index in [0.29, 0.717) is 18.2 Å². The molecule has 1 saturated heterocycles. The lowest BCUT2D eigenvalue weighted by molar-refractivity contribution is 0.0673. The fourth-order valence-electron chi connectivity index (χ4n) is 2.64. The summed E-state index contributed by atoms with van der Waals surface area (Å²) in [7, 11) is 0. The molecule has 1 aliphatic heterocycles. The van der Waals surface area contributed by atoms with Gasteiger partial charge in [-0.3, -0.25) is 9.89 Å². The lowest BCUT2D eigenvalue weighted by Gasteiger charge is -2.31. The highest BCUT2D eigenvalue weighted by atomic mass is 16.3. The van der Waals surface area contributed by atoms with Gasteiger partial charge in [0.2, 0.25) is 5.76 Å². The maximum atomic E-state index is 12.2. The van der Waals surface area contributed by atoms with Crippen molar-refractivity contribution < 1.29 is 9.21 Å². The number of nitrogens with one attached hydrogen (secondary N) is 1. The van der Waals surface area contributed by atoms with Gasteiger partial charge in [-0.1, -0.05) is 0 Å². The highest BCUT2D eigenvalue weighted by Gasteiger charge is 2.28. The number of carbonyl (C=O) groups excluding carboxylic acids is 1. The first-order valence-electron chi connectivity index (χ1n) is 6.43. The molecule has 1 N–H and O–H groups in total. The number of aromatic nitrogens is 3. The summed E-state index contributed by atoms with van der Waals surface area (Å²) >= 11 is 0. The molecule has 0 radical (unpaired) electrons. The monoisotopic (exact) mass is 260 g/mol. The summed E-state index contributed by atoms with van der Waals surface area (Å²) in [6.07, 6.45) is 6.64. The quantitative estimate of drug-likeness (QED) is 0.892. The Bertz CT molecular complexity index is 561. The molecular formula is C13H16N4O2. The number of oxazole rings is 1. The van der Waals surface area contributed by atoms with E-state index in [9.17, 15) is 4.79 Å². The van der Waals surface area contributed by atoms with Crippen LogP contribution in [0.25, 0.3) is 0 Å². The topological polar surface area (TPSA) is 75.0 Å². The predicted octanol–water partition coefficient (Wildman–Crippen LogP) is 1.73. The van der Waals surface area contributed by atoms with Crippen LogP contribution in [0.2, 0.25) is 0 Å². The number of nitrogens with zero attached hydrogens (tertiary/aromatic N) is 3. The molecule has 0 aromatic carbocycles. The van der Waals surface area contributed by atoms with Gasteiger partial charge in [-0.25, -0.2) is 4.98 Å². The largest absolute Gasteiger partial charge is 0.438 e. The molecule has 0 bridgehead atoms. The second kappa shape index (κ2) is 4.87. The number of carbonyl (C=O) groups is 1. The molecule has 6 nitrogen and oxygen atoms in total. The molecule has 1 aliphatic rings. The van der Waals surface area contributed by atoms with E-state index in [2.05, 4.69) is 15.2 Å². The fourth-order valence-corrected chi connectivity index (χ4v) is 2.64. The number of aryl methyl sites for hydroxylation is 1. The molecule has 1 amide bonds. The molecule has 0 saturated carbocycles. The normalized spacial score (nSPS) is 19.6. The first kappa shape index (κ1) is 12.0. The van der Waals surface area contributed by atoms with Crippen LogP contribution in [-0.2, 0) is 0 Å². The average Bonchev–Trinajstić information content (AvgIpc) is 3.09. The number of H-pyrrole nitrogens is 1. The van der Waals surface area contributed by atoms with E-state index in [1.165, 1.54) is 12.6 Å². The highest BCUT2D eigenvalue weighted by molar-refractivity contribution is 5.91. The zero-order valence-corrected chi connectivity index (χ0v) is 10.8. The standard InChI is InChI=1S/C13H16N4O2/c1-9-5-15-16-12(9)10-3-2-4-17(7-10)13(18)11-6-14-8-19-11/h5-6,8,10H,2-4,7H2,1H3,(H,15,16)/t10-/m1/s1. The summed E-state index contributed by atoms with van der Waals surface area (Å²) in [5.74, 6) is 0.546. The molecule has 3 heterocycles. The number of piperidine rings is 1. The van der Waals surface area contributed by atoms with Gasteiger partial charge < -0.3 is 9.32 Å². The first-order chi connectivity index (χ1) is 9.25. The lowest BCUT2D eigenvalue weighted by Crippen LogP contribution is -2.39. The van der Waals surface area contributed by atoms with Crippen molar-refractivity contribution in [2.75, 3.05) is 13.1 Å². The molecule has 0 aliphatic carbocycles. The van der Waals surface area contributed by atoms with Crippen molar-refractivity contribution >= 4 is 5.91 Å². The summed E-state index contributed by atoms with van der Waals surface area (Å²) < 4.78 is 5.08. The molecule has 19 heavy (non-hydrogen) atoms. The number of amides is 1. The van der Waals surface area contributed by atoms with Gasteiger partial charge in [-0.15, -0.1) is 0 Å². The average molecular weight is 260 g/mol. The Hall–Kier alpha value is -2.11. The van der Waals surface area contributed by atoms with Crippen LogP contribution in [-0.4, -0.2) is 39.1 Å². The van der Waals surface area contributed by atoms with Crippen molar-refractivity contribution in [2.24, 2.45) is 0 Å². The predicted molar refractivity (Wildman–Crippen MR) is 67.7 cm³/mol. The number of aromatic amines is 1. The van der Waals surface area contributed by atoms with Gasteiger partial charge >= 0.3 is 0 Å². The molecule has 100 valence electrons. The van der Waals surface area contributed by atoms with Crippen LogP contribution in [0.1, 0.15) is 40.6 Å². The van der Waals surface area contributed by atoms with Crippen LogP contribution >= 0.6 is 0 Å². The van der Waals surface area contributed by atoms with E-state index in [4.69, 9.17) is 4.42 Å². The van der Waals surface area contributed by atoms with Gasteiger partial charge in [-0.2, -0.15) is 5.10 Å². The third-order valence-corrected chi connectivity index (χ3v) is 3.63. The molecule has 2 aromatic heterocycles. The summed E-state index contributed by atoms with van der Waals surface area (Å²) in [4.78, 5) is 17.8. The minimum atomic E-state index is -0.0839. The highest BCUT2D eigenvalue weighted by Crippen LogP contribution is 2.28. The SMILES string of the molecule is Cc1cn[nH]c1[C@@H]1CCCN(C(=O)c2cnco2)C1. The minimum absolute atomic E-state index is 0.0839. The van der Waals surface area contributed by atoms with Crippen molar-refractivity contribution in [1.29, 1.82) is 0 Å². The van der Waals surface area contributed by atoms with Crippen LogP contribution in [0.3, 0.4) is 0 Å². The smallest absolute Gasteiger partial charge is 0.291 e. The van der Waals surface area contributed by atoms with E-state index in [1.54, 1.807) is 0 Å².